The normalized spacial score (nSPS) is 13.1. The van der Waals surface area contributed by atoms with E-state index in [-0.39, 0.29) is 12.4 Å². The van der Waals surface area contributed by atoms with Crippen LogP contribution >= 0.6 is 0 Å². The van der Waals surface area contributed by atoms with Gasteiger partial charge in [-0.05, 0) is 63.5 Å². The first-order chi connectivity index (χ1) is 10.8. The maximum atomic E-state index is 13.5. The zero-order valence-electron chi connectivity index (χ0n) is 14.4. The van der Waals surface area contributed by atoms with E-state index in [1.54, 1.807) is 0 Å². The van der Waals surface area contributed by atoms with Crippen LogP contribution in [0.1, 0.15) is 34.6 Å². The Morgan fingerprint density at radius 3 is 2.13 bits per heavy atom. The van der Waals surface area contributed by atoms with Gasteiger partial charge in [0, 0.05) is 0 Å². The van der Waals surface area contributed by atoms with Crippen molar-refractivity contribution >= 4 is 0 Å². The molecule has 0 saturated carbocycles. The molecule has 0 heterocycles. The van der Waals surface area contributed by atoms with E-state index in [1.165, 1.54) is 23.3 Å². The van der Waals surface area contributed by atoms with E-state index in [0.717, 1.165) is 17.2 Å². The van der Waals surface area contributed by atoms with Crippen LogP contribution in [-0.2, 0) is 0 Å². The molecule has 1 rings (SSSR count). The molecule has 3 heteroatoms. The average Bonchev–Trinajstić information content (AvgIpc) is 2.51. The molecule has 1 aromatic rings. The molecule has 0 atom stereocenters. The number of benzene rings is 1. The molecule has 0 bridgehead atoms. The lowest BCUT2D eigenvalue weighted by molar-refractivity contribution is 0.324. The van der Waals surface area contributed by atoms with Crippen molar-refractivity contribution in [3.05, 3.63) is 76.4 Å². The van der Waals surface area contributed by atoms with Gasteiger partial charge in [0.15, 0.2) is 11.6 Å². The van der Waals surface area contributed by atoms with E-state index in [2.05, 4.69) is 26.0 Å². The lowest BCUT2D eigenvalue weighted by Crippen LogP contribution is -2.01. The Kier molecular flexibility index (Phi) is 7.46. The van der Waals surface area contributed by atoms with Crippen LogP contribution in [0.2, 0.25) is 0 Å². The third-order valence-corrected chi connectivity index (χ3v) is 3.28. The lowest BCUT2D eigenvalue weighted by atomic mass is 10.1. The number of rotatable bonds is 6. The van der Waals surface area contributed by atoms with Crippen LogP contribution in [0.4, 0.5) is 8.78 Å². The molecule has 23 heavy (non-hydrogen) atoms. The van der Waals surface area contributed by atoms with E-state index in [9.17, 15) is 8.78 Å². The lowest BCUT2D eigenvalue weighted by Gasteiger charge is -2.07. The van der Waals surface area contributed by atoms with Crippen LogP contribution < -0.4 is 4.74 Å². The highest BCUT2D eigenvalue weighted by Gasteiger charge is 2.08. The Labute approximate surface area is 137 Å². The molecule has 0 fully saturated rings. The number of halogens is 2. The standard InChI is InChI=1S/C20H24F2O/c1-14(2)9-11-16(4)17(5)12-10-15(3)13-23-19-8-6-7-18(21)20(19)22/h6-12H,13H2,1-5H3/b15-10+,16-11+,17-12+. The minimum atomic E-state index is -0.951. The first-order valence-electron chi connectivity index (χ1n) is 7.54. The summed E-state index contributed by atoms with van der Waals surface area (Å²) in [6.45, 7) is 10.3. The summed E-state index contributed by atoms with van der Waals surface area (Å²) in [6, 6.07) is 3.91. The topological polar surface area (TPSA) is 9.23 Å². The molecule has 124 valence electrons. The summed E-state index contributed by atoms with van der Waals surface area (Å²) in [5.41, 5.74) is 4.48. The number of hydrogen-bond donors (Lipinski definition) is 0. The van der Waals surface area contributed by atoms with E-state index in [4.69, 9.17) is 4.74 Å². The van der Waals surface area contributed by atoms with Crippen molar-refractivity contribution < 1.29 is 13.5 Å². The molecule has 0 aliphatic carbocycles. The fourth-order valence-electron chi connectivity index (χ4n) is 1.66. The van der Waals surface area contributed by atoms with Crippen LogP contribution in [0.3, 0.4) is 0 Å². The van der Waals surface area contributed by atoms with Gasteiger partial charge < -0.3 is 4.74 Å². The average molecular weight is 318 g/mol. The van der Waals surface area contributed by atoms with E-state index in [0.29, 0.717) is 0 Å². The van der Waals surface area contributed by atoms with Crippen LogP contribution in [0, 0.1) is 11.6 Å². The van der Waals surface area contributed by atoms with Crippen molar-refractivity contribution in [3.63, 3.8) is 0 Å². The Bertz CT molecular complexity index is 660. The van der Waals surface area contributed by atoms with E-state index < -0.39 is 11.6 Å². The molecule has 1 aromatic carbocycles. The van der Waals surface area contributed by atoms with Gasteiger partial charge in [-0.15, -0.1) is 0 Å². The molecule has 0 amide bonds. The predicted octanol–water partition coefficient (Wildman–Crippen LogP) is 6.15. The third kappa shape index (κ3) is 6.64. The van der Waals surface area contributed by atoms with Gasteiger partial charge in [0.1, 0.15) is 6.61 Å². The first kappa shape index (κ1) is 18.9. The maximum Gasteiger partial charge on any atom is 0.200 e. The van der Waals surface area contributed by atoms with Gasteiger partial charge in [-0.1, -0.05) is 35.9 Å². The quantitative estimate of drug-likeness (QED) is 0.572. The molecule has 0 aromatic heterocycles. The second-order valence-electron chi connectivity index (χ2n) is 5.80. The Balaban J connectivity index is 2.70. The van der Waals surface area contributed by atoms with Crippen LogP contribution in [0.5, 0.6) is 5.75 Å². The van der Waals surface area contributed by atoms with E-state index in [1.807, 2.05) is 32.9 Å². The smallest absolute Gasteiger partial charge is 0.200 e. The molecular weight excluding hydrogens is 294 g/mol. The molecule has 1 nitrogen and oxygen atoms in total. The van der Waals surface area contributed by atoms with Crippen molar-refractivity contribution in [2.75, 3.05) is 6.61 Å². The van der Waals surface area contributed by atoms with Crippen LogP contribution in [0.25, 0.3) is 0 Å². The number of hydrogen-bond acceptors (Lipinski definition) is 1. The van der Waals surface area contributed by atoms with Crippen LogP contribution in [0.15, 0.2) is 64.8 Å². The highest BCUT2D eigenvalue weighted by atomic mass is 19.2. The third-order valence-electron chi connectivity index (χ3n) is 3.28. The SMILES string of the molecule is CC(C)=C/C=C(C)/C(C)=C/C=C(\C)COc1cccc(F)c1F. The van der Waals surface area contributed by atoms with Crippen molar-refractivity contribution in [3.8, 4) is 5.75 Å². The summed E-state index contributed by atoms with van der Waals surface area (Å²) >= 11 is 0. The van der Waals surface area contributed by atoms with Crippen molar-refractivity contribution in [1.29, 1.82) is 0 Å². The van der Waals surface area contributed by atoms with Gasteiger partial charge in [-0.3, -0.25) is 0 Å². The highest BCUT2D eigenvalue weighted by Crippen LogP contribution is 2.19. The summed E-state index contributed by atoms with van der Waals surface area (Å²) in [5, 5.41) is 0. The Morgan fingerprint density at radius 2 is 1.52 bits per heavy atom. The van der Waals surface area contributed by atoms with Crippen molar-refractivity contribution in [2.24, 2.45) is 0 Å². The number of allylic oxidation sites excluding steroid dienone is 7. The van der Waals surface area contributed by atoms with Gasteiger partial charge in [-0.2, -0.15) is 4.39 Å². The molecule has 0 radical (unpaired) electrons. The summed E-state index contributed by atoms with van der Waals surface area (Å²) in [4.78, 5) is 0. The minimum absolute atomic E-state index is 0.0712. The van der Waals surface area contributed by atoms with Crippen molar-refractivity contribution in [2.45, 2.75) is 34.6 Å². The fourth-order valence-corrected chi connectivity index (χ4v) is 1.66. The summed E-state index contributed by atoms with van der Waals surface area (Å²) in [6.07, 6.45) is 8.06. The number of ether oxygens (including phenoxy) is 1. The summed E-state index contributed by atoms with van der Waals surface area (Å²) in [5.74, 6) is -1.93. The maximum absolute atomic E-state index is 13.5. The Hall–Kier alpha value is -2.16. The van der Waals surface area contributed by atoms with Gasteiger partial charge in [-0.25, -0.2) is 4.39 Å². The first-order valence-corrected chi connectivity index (χ1v) is 7.54. The molecule has 0 aliphatic rings. The molecule has 0 saturated heterocycles. The fraction of sp³-hybridized carbons (Fsp3) is 0.300. The van der Waals surface area contributed by atoms with Gasteiger partial charge in [0.05, 0.1) is 0 Å². The van der Waals surface area contributed by atoms with Gasteiger partial charge in [0.25, 0.3) is 0 Å². The molecule has 0 unspecified atom stereocenters. The predicted molar refractivity (Wildman–Crippen MR) is 92.6 cm³/mol. The second kappa shape index (κ2) is 9.09. The molecule has 0 aliphatic heterocycles. The van der Waals surface area contributed by atoms with E-state index >= 15 is 0 Å². The highest BCUT2D eigenvalue weighted by molar-refractivity contribution is 5.34. The zero-order valence-corrected chi connectivity index (χ0v) is 14.4. The molecule has 0 N–H and O–H groups in total. The molecule has 0 spiro atoms. The Morgan fingerprint density at radius 1 is 0.913 bits per heavy atom. The minimum Gasteiger partial charge on any atom is -0.486 e. The summed E-state index contributed by atoms with van der Waals surface area (Å²) in [7, 11) is 0. The summed E-state index contributed by atoms with van der Waals surface area (Å²) < 4.78 is 31.9. The monoisotopic (exact) mass is 318 g/mol. The van der Waals surface area contributed by atoms with Crippen molar-refractivity contribution in [1.82, 2.24) is 0 Å². The zero-order chi connectivity index (χ0) is 17.4. The second-order valence-corrected chi connectivity index (χ2v) is 5.80. The van der Waals surface area contributed by atoms with Gasteiger partial charge in [0.2, 0.25) is 5.82 Å². The molecular formula is C20H24F2O. The largest absolute Gasteiger partial charge is 0.486 e. The van der Waals surface area contributed by atoms with Gasteiger partial charge >= 0.3 is 0 Å². The van der Waals surface area contributed by atoms with Crippen LogP contribution in [-0.4, -0.2) is 6.61 Å².